The molecule has 21 heavy (non-hydrogen) atoms. The summed E-state index contributed by atoms with van der Waals surface area (Å²) in [5, 5.41) is 3.02. The molecule has 0 heterocycles. The van der Waals surface area contributed by atoms with Crippen LogP contribution in [0.3, 0.4) is 0 Å². The Morgan fingerprint density at radius 2 is 2.00 bits per heavy atom. The zero-order valence-corrected chi connectivity index (χ0v) is 13.8. The van der Waals surface area contributed by atoms with Gasteiger partial charge in [0.1, 0.15) is 5.75 Å². The predicted molar refractivity (Wildman–Crippen MR) is 87.6 cm³/mol. The summed E-state index contributed by atoms with van der Waals surface area (Å²) in [7, 11) is 0. The van der Waals surface area contributed by atoms with E-state index < -0.39 is 6.10 Å². The Hall–Kier alpha value is -1.51. The first-order valence-electron chi connectivity index (χ1n) is 8.08. The number of aryl methyl sites for hydroxylation is 1. The molecule has 1 aromatic rings. The first-order chi connectivity index (χ1) is 10.1. The molecule has 0 bridgehead atoms. The van der Waals surface area contributed by atoms with Crippen LogP contribution in [0.1, 0.15) is 52.0 Å². The maximum atomic E-state index is 12.1. The molecule has 1 N–H and O–H groups in total. The third-order valence-electron chi connectivity index (χ3n) is 3.87. The lowest BCUT2D eigenvalue weighted by atomic mass is 9.99. The number of unbranched alkanes of at least 4 members (excludes halogenated alkanes) is 1. The molecule has 2 atom stereocenters. The van der Waals surface area contributed by atoms with Crippen molar-refractivity contribution in [2.24, 2.45) is 5.92 Å². The van der Waals surface area contributed by atoms with E-state index in [-0.39, 0.29) is 5.91 Å². The minimum Gasteiger partial charge on any atom is -0.481 e. The minimum absolute atomic E-state index is 0.0341. The Balaban J connectivity index is 2.42. The summed E-state index contributed by atoms with van der Waals surface area (Å²) >= 11 is 0. The Morgan fingerprint density at radius 3 is 2.62 bits per heavy atom. The fraction of sp³-hybridized carbons (Fsp3) is 0.611. The van der Waals surface area contributed by atoms with E-state index in [2.05, 4.69) is 19.2 Å². The zero-order valence-electron chi connectivity index (χ0n) is 13.8. The lowest BCUT2D eigenvalue weighted by molar-refractivity contribution is -0.127. The third kappa shape index (κ3) is 6.19. The molecule has 0 aliphatic heterocycles. The number of carbonyl (C=O) groups excluding carboxylic acids is 1. The van der Waals surface area contributed by atoms with Crippen LogP contribution in [0.2, 0.25) is 0 Å². The molecule has 0 fully saturated rings. The molecule has 0 saturated heterocycles. The largest absolute Gasteiger partial charge is 0.481 e. The van der Waals surface area contributed by atoms with Crippen LogP contribution in [-0.2, 0) is 4.79 Å². The van der Waals surface area contributed by atoms with Crippen molar-refractivity contribution in [3.05, 3.63) is 29.8 Å². The van der Waals surface area contributed by atoms with Crippen LogP contribution in [0, 0.1) is 12.8 Å². The molecular formula is C18H29NO2. The van der Waals surface area contributed by atoms with Gasteiger partial charge in [-0.15, -0.1) is 0 Å². The van der Waals surface area contributed by atoms with Crippen molar-refractivity contribution in [2.75, 3.05) is 6.54 Å². The van der Waals surface area contributed by atoms with Crippen molar-refractivity contribution < 1.29 is 9.53 Å². The first kappa shape index (κ1) is 17.5. The van der Waals surface area contributed by atoms with E-state index >= 15 is 0 Å². The average molecular weight is 291 g/mol. The number of nitrogens with one attached hydrogen (secondary N) is 1. The van der Waals surface area contributed by atoms with Gasteiger partial charge in [-0.2, -0.15) is 0 Å². The molecule has 3 nitrogen and oxygen atoms in total. The second kappa shape index (κ2) is 9.43. The van der Waals surface area contributed by atoms with Crippen LogP contribution in [0.15, 0.2) is 24.3 Å². The smallest absolute Gasteiger partial charge is 0.260 e. The number of carbonyl (C=O) groups is 1. The van der Waals surface area contributed by atoms with Crippen molar-refractivity contribution in [3.8, 4) is 5.75 Å². The van der Waals surface area contributed by atoms with Gasteiger partial charge in [-0.25, -0.2) is 0 Å². The molecule has 118 valence electrons. The van der Waals surface area contributed by atoms with Gasteiger partial charge in [0.25, 0.3) is 5.91 Å². The Morgan fingerprint density at radius 1 is 1.29 bits per heavy atom. The van der Waals surface area contributed by atoms with Gasteiger partial charge in [0.15, 0.2) is 6.10 Å². The topological polar surface area (TPSA) is 38.3 Å². The number of benzene rings is 1. The highest BCUT2D eigenvalue weighted by Crippen LogP contribution is 2.18. The monoisotopic (exact) mass is 291 g/mol. The van der Waals surface area contributed by atoms with E-state index in [0.717, 1.165) is 24.3 Å². The molecule has 3 heteroatoms. The first-order valence-corrected chi connectivity index (χ1v) is 8.08. The van der Waals surface area contributed by atoms with E-state index in [4.69, 9.17) is 4.74 Å². The van der Waals surface area contributed by atoms with Crippen molar-refractivity contribution >= 4 is 5.91 Å². The lowest BCUT2D eigenvalue weighted by Crippen LogP contribution is -2.38. The molecule has 1 amide bonds. The fourth-order valence-electron chi connectivity index (χ4n) is 2.26. The number of hydrogen-bond acceptors (Lipinski definition) is 2. The standard InChI is InChI=1S/C18H29NO2/c1-5-7-11-16(6-2)13-19-18(20)15(4)21-17-12-9-8-10-14(17)3/h8-10,12,15-16H,5-7,11,13H2,1-4H3,(H,19,20)/t15-,16+/m0/s1. The van der Waals surface area contributed by atoms with E-state index in [0.29, 0.717) is 5.92 Å². The maximum absolute atomic E-state index is 12.1. The number of amides is 1. The summed E-state index contributed by atoms with van der Waals surface area (Å²) in [6.07, 6.45) is 4.25. The molecule has 0 aromatic heterocycles. The van der Waals surface area contributed by atoms with Crippen LogP contribution in [0.5, 0.6) is 5.75 Å². The average Bonchev–Trinajstić information content (AvgIpc) is 2.49. The number of para-hydroxylation sites is 1. The molecule has 1 rings (SSSR count). The summed E-state index contributed by atoms with van der Waals surface area (Å²) in [4.78, 5) is 12.1. The second-order valence-electron chi connectivity index (χ2n) is 5.69. The number of rotatable bonds is 9. The Labute approximate surface area is 129 Å². The summed E-state index contributed by atoms with van der Waals surface area (Å²) < 4.78 is 5.74. The van der Waals surface area contributed by atoms with E-state index in [1.165, 1.54) is 19.3 Å². The minimum atomic E-state index is -0.463. The molecule has 0 aliphatic carbocycles. The normalized spacial score (nSPS) is 13.5. The van der Waals surface area contributed by atoms with Crippen molar-refractivity contribution in [2.45, 2.75) is 59.5 Å². The van der Waals surface area contributed by atoms with Crippen LogP contribution < -0.4 is 10.1 Å². The van der Waals surface area contributed by atoms with Crippen LogP contribution in [0.4, 0.5) is 0 Å². The molecule has 1 aromatic carbocycles. The highest BCUT2D eigenvalue weighted by Gasteiger charge is 2.16. The van der Waals surface area contributed by atoms with Gasteiger partial charge in [-0.1, -0.05) is 51.3 Å². The van der Waals surface area contributed by atoms with E-state index in [9.17, 15) is 4.79 Å². The molecule has 0 saturated carbocycles. The van der Waals surface area contributed by atoms with Gasteiger partial charge in [0.2, 0.25) is 0 Å². The van der Waals surface area contributed by atoms with Crippen molar-refractivity contribution in [1.29, 1.82) is 0 Å². The Bertz CT molecular complexity index is 431. The molecule has 0 unspecified atom stereocenters. The summed E-state index contributed by atoms with van der Waals surface area (Å²) in [6, 6.07) is 7.77. The summed E-state index contributed by atoms with van der Waals surface area (Å²) in [6.45, 7) is 8.91. The van der Waals surface area contributed by atoms with Gasteiger partial charge >= 0.3 is 0 Å². The molecular weight excluding hydrogens is 262 g/mol. The maximum Gasteiger partial charge on any atom is 0.260 e. The zero-order chi connectivity index (χ0) is 15.7. The van der Waals surface area contributed by atoms with Gasteiger partial charge < -0.3 is 10.1 Å². The van der Waals surface area contributed by atoms with E-state index in [1.807, 2.05) is 31.2 Å². The quantitative estimate of drug-likeness (QED) is 0.744. The number of ether oxygens (including phenoxy) is 1. The highest BCUT2D eigenvalue weighted by atomic mass is 16.5. The van der Waals surface area contributed by atoms with Crippen molar-refractivity contribution in [3.63, 3.8) is 0 Å². The van der Waals surface area contributed by atoms with Crippen molar-refractivity contribution in [1.82, 2.24) is 5.32 Å². The summed E-state index contributed by atoms with van der Waals surface area (Å²) in [5.41, 5.74) is 1.05. The fourth-order valence-corrected chi connectivity index (χ4v) is 2.26. The Kier molecular flexibility index (Phi) is 7.88. The lowest BCUT2D eigenvalue weighted by Gasteiger charge is -2.19. The van der Waals surface area contributed by atoms with Gasteiger partial charge in [0, 0.05) is 6.54 Å². The van der Waals surface area contributed by atoms with E-state index in [1.54, 1.807) is 6.92 Å². The van der Waals surface area contributed by atoms with Gasteiger partial charge in [-0.05, 0) is 37.8 Å². The van der Waals surface area contributed by atoms with Gasteiger partial charge in [0.05, 0.1) is 0 Å². The number of hydrogen-bond donors (Lipinski definition) is 1. The predicted octanol–water partition coefficient (Wildman–Crippen LogP) is 4.09. The van der Waals surface area contributed by atoms with Gasteiger partial charge in [-0.3, -0.25) is 4.79 Å². The SMILES string of the molecule is CCCC[C@@H](CC)CNC(=O)[C@H](C)Oc1ccccc1C. The van der Waals surface area contributed by atoms with Crippen LogP contribution >= 0.6 is 0 Å². The third-order valence-corrected chi connectivity index (χ3v) is 3.87. The molecule has 0 radical (unpaired) electrons. The molecule has 0 spiro atoms. The summed E-state index contributed by atoms with van der Waals surface area (Å²) in [5.74, 6) is 1.31. The molecule has 0 aliphatic rings. The second-order valence-corrected chi connectivity index (χ2v) is 5.69. The van der Waals surface area contributed by atoms with Crippen LogP contribution in [0.25, 0.3) is 0 Å². The van der Waals surface area contributed by atoms with Crippen LogP contribution in [-0.4, -0.2) is 18.6 Å². The highest BCUT2D eigenvalue weighted by molar-refractivity contribution is 5.80.